The molecule has 1 aliphatic rings. The molecule has 1 aromatic carbocycles. The lowest BCUT2D eigenvalue weighted by atomic mass is 10.0. The van der Waals surface area contributed by atoms with E-state index in [0.29, 0.717) is 17.3 Å². The maximum atomic E-state index is 13.1. The average Bonchev–Trinajstić information content (AvgIpc) is 3.32. The summed E-state index contributed by atoms with van der Waals surface area (Å²) in [5.74, 6) is -0.286. The molecule has 2 aromatic heterocycles. The molecule has 4 nitrogen and oxygen atoms in total. The lowest BCUT2D eigenvalue weighted by Gasteiger charge is -2.05. The van der Waals surface area contributed by atoms with Crippen LogP contribution in [0.2, 0.25) is 0 Å². The number of hydrogen-bond acceptors (Lipinski definition) is 3. The van der Waals surface area contributed by atoms with Gasteiger partial charge in [0.25, 0.3) is 0 Å². The van der Waals surface area contributed by atoms with Gasteiger partial charge in [0, 0.05) is 23.5 Å². The van der Waals surface area contributed by atoms with E-state index in [-0.39, 0.29) is 5.82 Å². The molecule has 1 saturated carbocycles. The van der Waals surface area contributed by atoms with Crippen LogP contribution in [0, 0.1) is 17.1 Å². The van der Waals surface area contributed by atoms with Gasteiger partial charge in [-0.2, -0.15) is 10.4 Å². The normalized spacial score (nSPS) is 13.7. The third-order valence-corrected chi connectivity index (χ3v) is 3.97. The molecule has 2 heterocycles. The first-order chi connectivity index (χ1) is 11.2. The van der Waals surface area contributed by atoms with Crippen LogP contribution < -0.4 is 0 Å². The zero-order valence-corrected chi connectivity index (χ0v) is 12.3. The summed E-state index contributed by atoms with van der Waals surface area (Å²) in [7, 11) is 0. The molecule has 112 valence electrons. The van der Waals surface area contributed by atoms with Crippen LogP contribution in [0.4, 0.5) is 4.39 Å². The van der Waals surface area contributed by atoms with Crippen molar-refractivity contribution in [3.63, 3.8) is 0 Å². The van der Waals surface area contributed by atoms with Crippen molar-refractivity contribution in [2.75, 3.05) is 0 Å². The number of hydrogen-bond donors (Lipinski definition) is 0. The lowest BCUT2D eigenvalue weighted by molar-refractivity contribution is 0.628. The Kier molecular flexibility index (Phi) is 3.16. The third kappa shape index (κ3) is 2.59. The van der Waals surface area contributed by atoms with Gasteiger partial charge < -0.3 is 0 Å². The third-order valence-electron chi connectivity index (χ3n) is 3.97. The lowest BCUT2D eigenvalue weighted by Crippen LogP contribution is -1.95. The van der Waals surface area contributed by atoms with Gasteiger partial charge in [0.15, 0.2) is 0 Å². The highest BCUT2D eigenvalue weighted by Crippen LogP contribution is 2.35. The van der Waals surface area contributed by atoms with E-state index in [0.717, 1.165) is 29.7 Å². The first kappa shape index (κ1) is 13.6. The largest absolute Gasteiger partial charge is 0.269 e. The monoisotopic (exact) mass is 304 g/mol. The first-order valence-corrected chi connectivity index (χ1v) is 7.46. The zero-order valence-electron chi connectivity index (χ0n) is 12.3. The number of rotatable bonds is 3. The van der Waals surface area contributed by atoms with E-state index in [1.807, 2.05) is 23.0 Å². The Labute approximate surface area is 132 Å². The van der Waals surface area contributed by atoms with Gasteiger partial charge in [-0.25, -0.2) is 4.39 Å². The minimum atomic E-state index is -0.286. The summed E-state index contributed by atoms with van der Waals surface area (Å²) in [5, 5.41) is 13.9. The molecule has 0 radical (unpaired) electrons. The average molecular weight is 304 g/mol. The zero-order chi connectivity index (χ0) is 15.8. The van der Waals surface area contributed by atoms with E-state index in [4.69, 9.17) is 0 Å². The number of aromatic nitrogens is 3. The van der Waals surface area contributed by atoms with E-state index in [1.165, 1.54) is 12.1 Å². The van der Waals surface area contributed by atoms with Gasteiger partial charge in [-0.1, -0.05) is 0 Å². The molecule has 23 heavy (non-hydrogen) atoms. The summed E-state index contributed by atoms with van der Waals surface area (Å²) in [6.45, 7) is 0. The Morgan fingerprint density at radius 2 is 1.91 bits per heavy atom. The van der Waals surface area contributed by atoms with Crippen molar-refractivity contribution in [2.24, 2.45) is 0 Å². The van der Waals surface area contributed by atoms with Crippen LogP contribution in [-0.4, -0.2) is 14.8 Å². The maximum Gasteiger partial charge on any atom is 0.123 e. The molecular formula is C18H13FN4. The molecule has 1 aliphatic carbocycles. The molecule has 0 N–H and O–H groups in total. The summed E-state index contributed by atoms with van der Waals surface area (Å²) in [6.07, 6.45) is 5.81. The Bertz CT molecular complexity index is 902. The molecule has 0 spiro atoms. The quantitative estimate of drug-likeness (QED) is 0.736. The molecule has 0 bridgehead atoms. The summed E-state index contributed by atoms with van der Waals surface area (Å²) >= 11 is 0. The van der Waals surface area contributed by atoms with Crippen molar-refractivity contribution >= 4 is 0 Å². The summed E-state index contributed by atoms with van der Waals surface area (Å²) in [5.41, 5.74) is 3.50. The Morgan fingerprint density at radius 1 is 1.13 bits per heavy atom. The second-order valence-corrected chi connectivity index (χ2v) is 5.65. The molecule has 3 aromatic rings. The van der Waals surface area contributed by atoms with Gasteiger partial charge in [-0.3, -0.25) is 9.67 Å². The molecule has 0 saturated heterocycles. The fourth-order valence-electron chi connectivity index (χ4n) is 2.56. The predicted molar refractivity (Wildman–Crippen MR) is 83.8 cm³/mol. The van der Waals surface area contributed by atoms with Crippen molar-refractivity contribution in [2.45, 2.75) is 18.9 Å². The summed E-state index contributed by atoms with van der Waals surface area (Å²) < 4.78 is 15.0. The van der Waals surface area contributed by atoms with Crippen LogP contribution in [0.5, 0.6) is 0 Å². The topological polar surface area (TPSA) is 54.5 Å². The van der Waals surface area contributed by atoms with Crippen LogP contribution in [0.25, 0.3) is 22.5 Å². The second-order valence-electron chi connectivity index (χ2n) is 5.65. The number of benzene rings is 1. The van der Waals surface area contributed by atoms with Gasteiger partial charge >= 0.3 is 0 Å². The number of nitrogens with zero attached hydrogens (tertiary/aromatic N) is 4. The van der Waals surface area contributed by atoms with Crippen LogP contribution in [0.1, 0.15) is 24.4 Å². The highest BCUT2D eigenvalue weighted by molar-refractivity contribution is 5.73. The summed E-state index contributed by atoms with van der Waals surface area (Å²) in [4.78, 5) is 4.31. The van der Waals surface area contributed by atoms with Gasteiger partial charge in [-0.05, 0) is 49.2 Å². The minimum Gasteiger partial charge on any atom is -0.269 e. The first-order valence-electron chi connectivity index (χ1n) is 7.46. The predicted octanol–water partition coefficient (Wildman–Crippen LogP) is 3.96. The SMILES string of the molecule is N#Cc1cnc(-c2ccc(F)cc2)cc1-c1ccn(C2CC2)n1. The summed E-state index contributed by atoms with van der Waals surface area (Å²) in [6, 6.07) is 12.6. The van der Waals surface area contributed by atoms with Crippen LogP contribution in [0.3, 0.4) is 0 Å². The van der Waals surface area contributed by atoms with E-state index >= 15 is 0 Å². The fourth-order valence-corrected chi connectivity index (χ4v) is 2.56. The molecule has 5 heteroatoms. The Balaban J connectivity index is 1.78. The molecule has 0 atom stereocenters. The van der Waals surface area contributed by atoms with Crippen molar-refractivity contribution in [1.82, 2.24) is 14.8 Å². The standard InChI is InChI=1S/C18H13FN4/c19-14-3-1-12(2-4-14)18-9-16(13(10-20)11-21-18)17-7-8-23(22-17)15-5-6-15/h1-4,7-9,11,15H,5-6H2. The van der Waals surface area contributed by atoms with Crippen LogP contribution >= 0.6 is 0 Å². The van der Waals surface area contributed by atoms with E-state index < -0.39 is 0 Å². The molecule has 0 aliphatic heterocycles. The number of pyridine rings is 1. The van der Waals surface area contributed by atoms with E-state index in [2.05, 4.69) is 16.2 Å². The number of nitriles is 1. The van der Waals surface area contributed by atoms with E-state index in [1.54, 1.807) is 18.3 Å². The molecule has 1 fully saturated rings. The maximum absolute atomic E-state index is 13.1. The van der Waals surface area contributed by atoms with E-state index in [9.17, 15) is 9.65 Å². The smallest absolute Gasteiger partial charge is 0.123 e. The molecule has 0 amide bonds. The van der Waals surface area contributed by atoms with Crippen molar-refractivity contribution < 1.29 is 4.39 Å². The number of halogens is 1. The van der Waals surface area contributed by atoms with Crippen LogP contribution in [0.15, 0.2) is 48.8 Å². The Morgan fingerprint density at radius 3 is 2.61 bits per heavy atom. The van der Waals surface area contributed by atoms with Crippen molar-refractivity contribution in [3.8, 4) is 28.6 Å². The minimum absolute atomic E-state index is 0.286. The Hall–Kier alpha value is -3.00. The van der Waals surface area contributed by atoms with Crippen LogP contribution in [-0.2, 0) is 0 Å². The fraction of sp³-hybridized carbons (Fsp3) is 0.167. The van der Waals surface area contributed by atoms with Gasteiger partial charge in [-0.15, -0.1) is 0 Å². The molecule has 0 unspecified atom stereocenters. The second kappa shape index (κ2) is 5.33. The van der Waals surface area contributed by atoms with Crippen molar-refractivity contribution in [1.29, 1.82) is 5.26 Å². The van der Waals surface area contributed by atoms with Gasteiger partial charge in [0.2, 0.25) is 0 Å². The highest BCUT2D eigenvalue weighted by atomic mass is 19.1. The van der Waals surface area contributed by atoms with Crippen molar-refractivity contribution in [3.05, 3.63) is 60.2 Å². The van der Waals surface area contributed by atoms with Gasteiger partial charge in [0.05, 0.1) is 23.0 Å². The molecular weight excluding hydrogens is 291 g/mol. The van der Waals surface area contributed by atoms with Gasteiger partial charge in [0.1, 0.15) is 11.9 Å². The molecule has 4 rings (SSSR count). The highest BCUT2D eigenvalue weighted by Gasteiger charge is 2.24.